The van der Waals surface area contributed by atoms with Gasteiger partial charge in [-0.1, -0.05) is 58.1 Å². The molecule has 0 amide bonds. The van der Waals surface area contributed by atoms with Crippen LogP contribution in [0.5, 0.6) is 5.75 Å². The van der Waals surface area contributed by atoms with Gasteiger partial charge >= 0.3 is 7.69 Å². The second-order valence-electron chi connectivity index (χ2n) is 12.6. The summed E-state index contributed by atoms with van der Waals surface area (Å²) in [5, 5.41) is 28.3. The van der Waals surface area contributed by atoms with E-state index in [9.17, 15) is 0 Å². The van der Waals surface area contributed by atoms with Crippen LogP contribution >= 0.6 is 61.3 Å². The highest BCUT2D eigenvalue weighted by Crippen LogP contribution is 2.40. The van der Waals surface area contributed by atoms with Gasteiger partial charge in [0, 0.05) is 45.1 Å². The largest absolute Gasteiger partial charge is 0.569 e. The summed E-state index contributed by atoms with van der Waals surface area (Å²) in [4.78, 5) is 15.2. The molecule has 283 valence electrons. The minimum absolute atomic E-state index is 0.628. The van der Waals surface area contributed by atoms with Gasteiger partial charge in [-0.15, -0.1) is 43.1 Å². The van der Waals surface area contributed by atoms with Gasteiger partial charge in [0.25, 0.3) is 0 Å². The molecule has 0 aliphatic carbocycles. The Morgan fingerprint density at radius 1 is 0.589 bits per heavy atom. The number of hydrogen-bond donors (Lipinski definition) is 1. The average Bonchev–Trinajstić information content (AvgIpc) is 3.95. The van der Waals surface area contributed by atoms with Crippen LogP contribution in [-0.2, 0) is 0 Å². The number of rotatable bonds is 9. The van der Waals surface area contributed by atoms with Crippen LogP contribution in [0.3, 0.4) is 0 Å². The van der Waals surface area contributed by atoms with Gasteiger partial charge in [-0.3, -0.25) is 0 Å². The maximum absolute atomic E-state index is 8.34. The molecule has 0 atom stereocenters. The molecule has 0 spiro atoms. The summed E-state index contributed by atoms with van der Waals surface area (Å²) < 4.78 is 7.96. The molecule has 0 saturated carbocycles. The van der Waals surface area contributed by atoms with Gasteiger partial charge < -0.3 is 19.5 Å². The molecule has 56 heavy (non-hydrogen) atoms. The molecule has 0 saturated heterocycles. The summed E-state index contributed by atoms with van der Waals surface area (Å²) in [6, 6.07) is 36.0. The van der Waals surface area contributed by atoms with Crippen LogP contribution in [0, 0.1) is 13.8 Å². The van der Waals surface area contributed by atoms with E-state index in [1.807, 2.05) is 99.8 Å². The van der Waals surface area contributed by atoms with Crippen LogP contribution in [-0.4, -0.2) is 50.9 Å². The summed E-state index contributed by atoms with van der Waals surface area (Å²) in [5.74, 6) is 0.628. The molecule has 0 aliphatic rings. The van der Waals surface area contributed by atoms with Crippen LogP contribution in [0.2, 0.25) is 0 Å². The fraction of sp³-hybridized carbons (Fsp3) is 0.150. The van der Waals surface area contributed by atoms with Crippen LogP contribution in [0.4, 0.5) is 32.8 Å². The summed E-state index contributed by atoms with van der Waals surface area (Å²) in [6.07, 6.45) is 0. The van der Waals surface area contributed by atoms with Gasteiger partial charge in [0.05, 0.1) is 20.8 Å². The van der Waals surface area contributed by atoms with Crippen molar-refractivity contribution in [3.8, 4) is 16.3 Å². The average molecular weight is 881 g/mol. The van der Waals surface area contributed by atoms with E-state index in [1.54, 1.807) is 57.5 Å². The van der Waals surface area contributed by atoms with Crippen LogP contribution < -0.4 is 14.5 Å². The minimum Gasteiger partial charge on any atom is -0.537 e. The summed E-state index contributed by atoms with van der Waals surface area (Å²) >= 11 is 9.80. The molecular formula is C40H37BBrN8O2S4. The quantitative estimate of drug-likeness (QED) is 0.114. The maximum atomic E-state index is 8.34. The van der Waals surface area contributed by atoms with Crippen molar-refractivity contribution in [3.63, 3.8) is 0 Å². The lowest BCUT2D eigenvalue weighted by molar-refractivity contribution is 0.454. The lowest BCUT2D eigenvalue weighted by Gasteiger charge is -2.12. The van der Waals surface area contributed by atoms with Gasteiger partial charge in [-0.25, -0.2) is 9.97 Å². The van der Waals surface area contributed by atoms with Gasteiger partial charge in [-0.05, 0) is 115 Å². The Labute approximate surface area is 351 Å². The molecule has 4 aromatic carbocycles. The number of hydrogen-bond acceptors (Lipinski definition) is 14. The molecule has 8 rings (SSSR count). The number of azo groups is 2. The third-order valence-corrected chi connectivity index (χ3v) is 12.5. The van der Waals surface area contributed by atoms with Crippen molar-refractivity contribution in [1.29, 1.82) is 0 Å². The van der Waals surface area contributed by atoms with E-state index in [4.69, 9.17) is 14.7 Å². The lowest BCUT2D eigenvalue weighted by atomic mass is 10.2. The molecule has 1 radical (unpaired) electrons. The number of benzene rings is 4. The fourth-order valence-electron chi connectivity index (χ4n) is 4.86. The smallest absolute Gasteiger partial charge is 0.537 e. The van der Waals surface area contributed by atoms with E-state index in [-0.39, 0.29) is 0 Å². The molecular weight excluding hydrogens is 843 g/mol. The normalized spacial score (nSPS) is 11.1. The predicted octanol–water partition coefficient (Wildman–Crippen LogP) is 13.3. The Bertz CT molecular complexity index is 2470. The first-order valence-corrected chi connectivity index (χ1v) is 21.2. The third kappa shape index (κ3) is 11.4. The molecule has 1 N–H and O–H groups in total. The third-order valence-electron chi connectivity index (χ3n) is 7.90. The van der Waals surface area contributed by atoms with Crippen molar-refractivity contribution >= 4 is 121 Å². The van der Waals surface area contributed by atoms with Crippen molar-refractivity contribution < 1.29 is 9.68 Å². The molecule has 10 nitrogen and oxygen atoms in total. The monoisotopic (exact) mass is 879 g/mol. The molecule has 8 aromatic rings. The van der Waals surface area contributed by atoms with Crippen molar-refractivity contribution in [2.75, 3.05) is 38.0 Å². The zero-order valence-electron chi connectivity index (χ0n) is 31.4. The zero-order valence-corrected chi connectivity index (χ0v) is 36.3. The van der Waals surface area contributed by atoms with E-state index in [0.717, 1.165) is 60.6 Å². The minimum atomic E-state index is 0.628. The first kappa shape index (κ1) is 40.8. The Balaban J connectivity index is 0.000000154. The summed E-state index contributed by atoms with van der Waals surface area (Å²) in [6.45, 7) is 4.11. The molecule has 0 unspecified atom stereocenters. The van der Waals surface area contributed by atoms with Crippen molar-refractivity contribution in [2.24, 2.45) is 20.5 Å². The second-order valence-corrected chi connectivity index (χ2v) is 18.0. The van der Waals surface area contributed by atoms with Crippen LogP contribution in [0.15, 0.2) is 134 Å². The SMILES string of the molecule is CN(C)c1ccc(O[B]O)cc1.Cc1ccc(N=Nc2cc3sc(-c4ccc(N(C)C)cc4)nc3s2)cc1.Cc1ccc(N=Nc2cc3sc(Br)nc3s2)cc1. The van der Waals surface area contributed by atoms with Crippen molar-refractivity contribution in [1.82, 2.24) is 9.97 Å². The predicted molar refractivity (Wildman–Crippen MR) is 243 cm³/mol. The van der Waals surface area contributed by atoms with Gasteiger partial charge in [-0.2, -0.15) is 0 Å². The Morgan fingerprint density at radius 2 is 1.05 bits per heavy atom. The van der Waals surface area contributed by atoms with E-state index in [0.29, 0.717) is 13.4 Å². The Kier molecular flexibility index (Phi) is 14.1. The lowest BCUT2D eigenvalue weighted by Crippen LogP contribution is -2.08. The van der Waals surface area contributed by atoms with Gasteiger partial charge in [0.1, 0.15) is 30.4 Å². The van der Waals surface area contributed by atoms with Crippen molar-refractivity contribution in [3.05, 3.63) is 124 Å². The van der Waals surface area contributed by atoms with E-state index in [2.05, 4.69) is 90.5 Å². The highest BCUT2D eigenvalue weighted by molar-refractivity contribution is 9.11. The molecule has 0 fully saturated rings. The number of fused-ring (bicyclic) bond motifs is 2. The summed E-state index contributed by atoms with van der Waals surface area (Å²) in [7, 11) is 8.69. The second kappa shape index (κ2) is 19.3. The van der Waals surface area contributed by atoms with Crippen molar-refractivity contribution in [2.45, 2.75) is 13.8 Å². The van der Waals surface area contributed by atoms with E-state index >= 15 is 0 Å². The number of anilines is 2. The standard InChI is InChI=1S/C20H18N4S2.C12H8BrN3S2.C8H11BNO2/c1-13-4-8-15(9-5-13)22-23-18-12-17-20(26-18)21-19(25-17)14-6-10-16(11-7-14)24(2)3;1-7-2-4-8(5-3-7)15-16-10-6-9-11(18-10)14-12(13)17-9;1-10(2)7-3-5-8(6-4-7)12-9-11/h4-12H,1-3H3;2-6H,1H3;3-6,11H,1-2H3. The Morgan fingerprint density at radius 3 is 1.50 bits per heavy atom. The first-order valence-electron chi connectivity index (χ1n) is 17.1. The molecule has 4 heterocycles. The molecule has 0 bridgehead atoms. The summed E-state index contributed by atoms with van der Waals surface area (Å²) in [5.41, 5.74) is 7.60. The number of nitrogens with zero attached hydrogens (tertiary/aromatic N) is 8. The van der Waals surface area contributed by atoms with E-state index < -0.39 is 0 Å². The molecule has 0 aliphatic heterocycles. The highest BCUT2D eigenvalue weighted by atomic mass is 79.9. The zero-order chi connectivity index (χ0) is 39.6. The fourth-order valence-corrected chi connectivity index (χ4v) is 9.48. The number of aromatic nitrogens is 2. The van der Waals surface area contributed by atoms with Gasteiger partial charge in [0.15, 0.2) is 3.92 Å². The molecule has 16 heteroatoms. The van der Waals surface area contributed by atoms with Crippen LogP contribution in [0.1, 0.15) is 11.1 Å². The first-order chi connectivity index (χ1) is 27.0. The van der Waals surface area contributed by atoms with Crippen LogP contribution in [0.25, 0.3) is 29.6 Å². The molecule has 4 aromatic heterocycles. The maximum Gasteiger partial charge on any atom is 0.569 e. The number of thiazole rings is 2. The highest BCUT2D eigenvalue weighted by Gasteiger charge is 2.11. The Hall–Kier alpha value is -4.84. The topological polar surface area (TPSA) is 111 Å². The van der Waals surface area contributed by atoms with Gasteiger partial charge in [0.2, 0.25) is 0 Å². The van der Waals surface area contributed by atoms with E-state index in [1.165, 1.54) is 16.8 Å². The number of thiophene rings is 2. The number of halogens is 1. The number of aryl methyl sites for hydroxylation is 2.